The number of sulfonamides is 1. The lowest BCUT2D eigenvalue weighted by atomic mass is 10.2. The van der Waals surface area contributed by atoms with Crippen molar-refractivity contribution in [1.82, 2.24) is 14.3 Å². The van der Waals surface area contributed by atoms with Gasteiger partial charge in [0.25, 0.3) is 5.91 Å². The van der Waals surface area contributed by atoms with Crippen molar-refractivity contribution in [3.05, 3.63) is 78.1 Å². The van der Waals surface area contributed by atoms with E-state index in [9.17, 15) is 13.2 Å². The van der Waals surface area contributed by atoms with Gasteiger partial charge in [-0.05, 0) is 60.9 Å². The van der Waals surface area contributed by atoms with Crippen LogP contribution in [-0.2, 0) is 16.6 Å². The quantitative estimate of drug-likeness (QED) is 0.369. The molecule has 1 amide bonds. The molecule has 0 saturated carbocycles. The van der Waals surface area contributed by atoms with Crippen molar-refractivity contribution in [1.29, 1.82) is 0 Å². The minimum Gasteiger partial charge on any atom is -0.494 e. The van der Waals surface area contributed by atoms with Crippen LogP contribution in [0.15, 0.2) is 71.9 Å². The number of para-hydroxylation sites is 1. The number of pyridine rings is 1. The van der Waals surface area contributed by atoms with E-state index in [2.05, 4.69) is 4.98 Å². The Balaban J connectivity index is 1.50. The first-order valence-electron chi connectivity index (χ1n) is 11.2. The highest BCUT2D eigenvalue weighted by Gasteiger charge is 2.28. The molecule has 4 aromatic rings. The van der Waals surface area contributed by atoms with E-state index in [-0.39, 0.29) is 17.3 Å². The summed E-state index contributed by atoms with van der Waals surface area (Å²) in [6.45, 7) is 1.33. The largest absolute Gasteiger partial charge is 0.494 e. The Hall–Kier alpha value is -3.34. The third-order valence-corrected chi connectivity index (χ3v) is 8.89. The second-order valence-electron chi connectivity index (χ2n) is 8.19. The van der Waals surface area contributed by atoms with E-state index in [1.54, 1.807) is 36.5 Å². The maximum Gasteiger partial charge on any atom is 0.260 e. The van der Waals surface area contributed by atoms with Crippen LogP contribution < -0.4 is 9.64 Å². The van der Waals surface area contributed by atoms with E-state index >= 15 is 0 Å². The molecule has 0 N–H and O–H groups in total. The summed E-state index contributed by atoms with van der Waals surface area (Å²) < 4.78 is 33.6. The molecule has 0 bridgehead atoms. The Morgan fingerprint density at radius 2 is 1.86 bits per heavy atom. The number of nitrogens with zero attached hydrogens (tertiary/aromatic N) is 4. The van der Waals surface area contributed by atoms with Crippen LogP contribution in [0.3, 0.4) is 0 Å². The highest BCUT2D eigenvalue weighted by Crippen LogP contribution is 2.35. The smallest absolute Gasteiger partial charge is 0.260 e. The predicted molar refractivity (Wildman–Crippen MR) is 135 cm³/mol. The third-order valence-electron chi connectivity index (χ3n) is 5.93. The maximum atomic E-state index is 13.7. The van der Waals surface area contributed by atoms with Crippen LogP contribution in [0, 0.1) is 0 Å². The average molecular weight is 509 g/mol. The van der Waals surface area contributed by atoms with E-state index in [4.69, 9.17) is 9.72 Å². The van der Waals surface area contributed by atoms with Crippen LogP contribution in [0.25, 0.3) is 10.2 Å². The van der Waals surface area contributed by atoms with Gasteiger partial charge >= 0.3 is 0 Å². The maximum absolute atomic E-state index is 13.7. The SMILES string of the molecule is COc1cccc2sc(N(Cc3cccnc3)C(=O)c3ccc(S(=O)(=O)N4CCCC4)cc3)nc12. The van der Waals surface area contributed by atoms with Crippen LogP contribution in [0.4, 0.5) is 5.13 Å². The van der Waals surface area contributed by atoms with E-state index in [0.717, 1.165) is 23.1 Å². The van der Waals surface area contributed by atoms with Gasteiger partial charge in [-0.1, -0.05) is 23.5 Å². The molecule has 2 aromatic carbocycles. The van der Waals surface area contributed by atoms with Crippen molar-refractivity contribution < 1.29 is 17.9 Å². The van der Waals surface area contributed by atoms with Gasteiger partial charge in [0.1, 0.15) is 11.3 Å². The number of ether oxygens (including phenoxy) is 1. The van der Waals surface area contributed by atoms with Gasteiger partial charge in [0.05, 0.1) is 23.2 Å². The monoisotopic (exact) mass is 508 g/mol. The molecule has 3 heterocycles. The van der Waals surface area contributed by atoms with Crippen molar-refractivity contribution in [2.75, 3.05) is 25.1 Å². The number of hydrogen-bond acceptors (Lipinski definition) is 7. The normalized spacial score (nSPS) is 14.3. The molecule has 0 atom stereocenters. The van der Waals surface area contributed by atoms with Crippen LogP contribution in [0.1, 0.15) is 28.8 Å². The fourth-order valence-corrected chi connectivity index (χ4v) is 6.59. The lowest BCUT2D eigenvalue weighted by Crippen LogP contribution is -2.31. The van der Waals surface area contributed by atoms with Crippen molar-refractivity contribution in [3.63, 3.8) is 0 Å². The summed E-state index contributed by atoms with van der Waals surface area (Å²) in [6.07, 6.45) is 5.12. The lowest BCUT2D eigenvalue weighted by Gasteiger charge is -2.20. The Kier molecular flexibility index (Phi) is 6.50. The van der Waals surface area contributed by atoms with Crippen LogP contribution in [0.2, 0.25) is 0 Å². The molecule has 2 aromatic heterocycles. The van der Waals surface area contributed by atoms with Gasteiger partial charge in [-0.15, -0.1) is 0 Å². The molecule has 1 saturated heterocycles. The first kappa shape index (κ1) is 23.4. The van der Waals surface area contributed by atoms with Crippen LogP contribution >= 0.6 is 11.3 Å². The van der Waals surface area contributed by atoms with E-state index < -0.39 is 10.0 Å². The Labute approximate surface area is 207 Å². The molecule has 5 rings (SSSR count). The molecule has 1 aliphatic heterocycles. The summed E-state index contributed by atoms with van der Waals surface area (Å²) in [5.74, 6) is 0.354. The first-order valence-corrected chi connectivity index (χ1v) is 13.5. The number of aromatic nitrogens is 2. The van der Waals surface area contributed by atoms with Crippen molar-refractivity contribution in [2.45, 2.75) is 24.3 Å². The van der Waals surface area contributed by atoms with E-state index in [0.29, 0.717) is 35.1 Å². The molecular weight excluding hydrogens is 484 g/mol. The van der Waals surface area contributed by atoms with Gasteiger partial charge in [-0.2, -0.15) is 4.31 Å². The number of anilines is 1. The Bertz CT molecular complexity index is 1450. The lowest BCUT2D eigenvalue weighted by molar-refractivity contribution is 0.0985. The highest BCUT2D eigenvalue weighted by molar-refractivity contribution is 7.89. The number of benzene rings is 2. The molecule has 0 spiro atoms. The van der Waals surface area contributed by atoms with Gasteiger partial charge in [-0.25, -0.2) is 13.4 Å². The molecule has 10 heteroatoms. The van der Waals surface area contributed by atoms with Crippen molar-refractivity contribution >= 4 is 42.6 Å². The molecule has 0 aliphatic carbocycles. The number of rotatable bonds is 7. The molecule has 35 heavy (non-hydrogen) atoms. The van der Waals surface area contributed by atoms with E-state index in [1.165, 1.54) is 27.8 Å². The zero-order chi connectivity index (χ0) is 24.4. The average Bonchev–Trinajstić information content (AvgIpc) is 3.58. The zero-order valence-electron chi connectivity index (χ0n) is 19.1. The Morgan fingerprint density at radius 3 is 2.54 bits per heavy atom. The minimum atomic E-state index is -3.55. The third kappa shape index (κ3) is 4.64. The molecule has 180 valence electrons. The summed E-state index contributed by atoms with van der Waals surface area (Å²) in [5.41, 5.74) is 1.91. The van der Waals surface area contributed by atoms with Gasteiger partial charge in [0.2, 0.25) is 10.0 Å². The second-order valence-corrected chi connectivity index (χ2v) is 11.1. The summed E-state index contributed by atoms with van der Waals surface area (Å²) in [6, 6.07) is 15.5. The second kappa shape index (κ2) is 9.73. The molecule has 0 unspecified atom stereocenters. The minimum absolute atomic E-state index is 0.194. The van der Waals surface area contributed by atoms with Gasteiger partial charge < -0.3 is 4.74 Å². The topological polar surface area (TPSA) is 92.7 Å². The molecule has 1 aliphatic rings. The molecular formula is C25H24N4O4S2. The Morgan fingerprint density at radius 1 is 1.09 bits per heavy atom. The highest BCUT2D eigenvalue weighted by atomic mass is 32.2. The standard InChI is InChI=1S/C25H24N4O4S2/c1-33-21-7-4-8-22-23(21)27-25(34-22)29(17-18-6-5-13-26-16-18)24(30)19-9-11-20(12-10-19)35(31,32)28-14-2-3-15-28/h4-13,16H,2-3,14-15,17H2,1H3. The number of amides is 1. The summed E-state index contributed by atoms with van der Waals surface area (Å²) in [7, 11) is -1.96. The molecule has 0 radical (unpaired) electrons. The number of methoxy groups -OCH3 is 1. The number of thiazole rings is 1. The van der Waals surface area contributed by atoms with E-state index in [1.807, 2.05) is 30.3 Å². The molecule has 1 fully saturated rings. The van der Waals surface area contributed by atoms with Crippen molar-refractivity contribution in [2.24, 2.45) is 0 Å². The number of carbonyl (C=O) groups is 1. The predicted octanol–water partition coefficient (Wildman–Crippen LogP) is 4.33. The fraction of sp³-hybridized carbons (Fsp3) is 0.240. The zero-order valence-corrected chi connectivity index (χ0v) is 20.8. The molecule has 8 nitrogen and oxygen atoms in total. The van der Waals surface area contributed by atoms with Crippen LogP contribution in [0.5, 0.6) is 5.75 Å². The summed E-state index contributed by atoms with van der Waals surface area (Å²) in [4.78, 5) is 24.3. The van der Waals surface area contributed by atoms with Gasteiger partial charge in [0, 0.05) is 31.0 Å². The van der Waals surface area contributed by atoms with Gasteiger partial charge in [0.15, 0.2) is 5.13 Å². The fourth-order valence-electron chi connectivity index (χ4n) is 4.10. The number of fused-ring (bicyclic) bond motifs is 1. The summed E-state index contributed by atoms with van der Waals surface area (Å²) >= 11 is 1.39. The summed E-state index contributed by atoms with van der Waals surface area (Å²) in [5, 5.41) is 0.520. The van der Waals surface area contributed by atoms with Crippen LogP contribution in [-0.4, -0.2) is 48.8 Å². The number of carbonyl (C=O) groups excluding carboxylic acids is 1. The van der Waals surface area contributed by atoms with Gasteiger partial charge in [-0.3, -0.25) is 14.7 Å². The first-order chi connectivity index (χ1) is 17.0. The number of hydrogen-bond donors (Lipinski definition) is 0. The van der Waals surface area contributed by atoms with Crippen molar-refractivity contribution in [3.8, 4) is 5.75 Å².